The highest BCUT2D eigenvalue weighted by Crippen LogP contribution is 2.31. The number of rotatable bonds is 3. The quantitative estimate of drug-likeness (QED) is 0.624. The lowest BCUT2D eigenvalue weighted by Crippen LogP contribution is -2.39. The smallest absolute Gasteiger partial charge is 0.0542 e. The zero-order valence-corrected chi connectivity index (χ0v) is 7.41. The summed E-state index contributed by atoms with van der Waals surface area (Å²) >= 11 is 3.41. The van der Waals surface area contributed by atoms with Crippen molar-refractivity contribution in [3.05, 3.63) is 0 Å². The fraction of sp³-hybridized carbons (Fsp3) is 1.00. The Morgan fingerprint density at radius 3 is 2.56 bits per heavy atom. The molecule has 54 valence electrons. The number of hydrogen-bond acceptors (Lipinski definition) is 1. The zero-order chi connectivity index (χ0) is 6.74. The molecule has 0 atom stereocenters. The molecule has 1 saturated heterocycles. The van der Waals surface area contributed by atoms with E-state index in [0.29, 0.717) is 5.41 Å². The van der Waals surface area contributed by atoms with Crippen LogP contribution in [0.4, 0.5) is 0 Å². The van der Waals surface area contributed by atoms with Gasteiger partial charge in [0, 0.05) is 10.7 Å². The average Bonchev–Trinajstić information content (AvgIpc) is 1.79. The molecule has 1 nitrogen and oxygen atoms in total. The van der Waals surface area contributed by atoms with Crippen LogP contribution in [0.5, 0.6) is 0 Å². The first-order valence-corrected chi connectivity index (χ1v) is 4.53. The molecule has 1 heterocycles. The highest BCUT2D eigenvalue weighted by Gasteiger charge is 2.31. The van der Waals surface area contributed by atoms with Crippen molar-refractivity contribution in [3.8, 4) is 0 Å². The monoisotopic (exact) mass is 192 g/mol. The Bertz CT molecular complexity index is 88.9. The van der Waals surface area contributed by atoms with Gasteiger partial charge in [-0.3, -0.25) is 0 Å². The summed E-state index contributed by atoms with van der Waals surface area (Å²) in [6.07, 6.45) is 2.58. The molecule has 9 heavy (non-hydrogen) atoms. The lowest BCUT2D eigenvalue weighted by Gasteiger charge is -2.38. The summed E-state index contributed by atoms with van der Waals surface area (Å²) in [4.78, 5) is 0. The third-order valence-corrected chi connectivity index (χ3v) is 2.38. The molecule has 0 saturated carbocycles. The number of alkyl halides is 1. The molecule has 0 radical (unpaired) electrons. The number of ether oxygens (including phenoxy) is 1. The molecule has 0 aromatic rings. The Hall–Kier alpha value is 0.440. The summed E-state index contributed by atoms with van der Waals surface area (Å²) in [5.74, 6) is 0. The Morgan fingerprint density at radius 2 is 2.22 bits per heavy atom. The van der Waals surface area contributed by atoms with Crippen LogP contribution >= 0.6 is 15.9 Å². The minimum absolute atomic E-state index is 0.522. The summed E-state index contributed by atoms with van der Waals surface area (Å²) in [6, 6.07) is 0. The zero-order valence-electron chi connectivity index (χ0n) is 5.82. The molecule has 0 spiro atoms. The van der Waals surface area contributed by atoms with Crippen LogP contribution in [-0.2, 0) is 4.74 Å². The van der Waals surface area contributed by atoms with Gasteiger partial charge in [0.05, 0.1) is 13.2 Å². The molecule has 0 aromatic carbocycles. The lowest BCUT2D eigenvalue weighted by atomic mass is 9.84. The fourth-order valence-corrected chi connectivity index (χ4v) is 1.37. The SMILES string of the molecule is CC1(CCCBr)COC1. The summed E-state index contributed by atoms with van der Waals surface area (Å²) in [6.45, 7) is 4.24. The van der Waals surface area contributed by atoms with Crippen LogP contribution < -0.4 is 0 Å². The van der Waals surface area contributed by atoms with Crippen LogP contribution in [0.25, 0.3) is 0 Å². The Labute approximate surface area is 64.9 Å². The molecular weight excluding hydrogens is 180 g/mol. The molecule has 0 amide bonds. The van der Waals surface area contributed by atoms with Gasteiger partial charge in [0.1, 0.15) is 0 Å². The van der Waals surface area contributed by atoms with Gasteiger partial charge >= 0.3 is 0 Å². The third-order valence-electron chi connectivity index (χ3n) is 1.82. The molecule has 1 aliphatic rings. The standard InChI is InChI=1S/C7H13BrO/c1-7(3-2-4-8)5-9-6-7/h2-6H2,1H3. The minimum atomic E-state index is 0.522. The summed E-state index contributed by atoms with van der Waals surface area (Å²) in [7, 11) is 0. The first-order chi connectivity index (χ1) is 4.27. The van der Waals surface area contributed by atoms with Gasteiger partial charge in [-0.15, -0.1) is 0 Å². The van der Waals surface area contributed by atoms with Crippen molar-refractivity contribution < 1.29 is 4.74 Å². The van der Waals surface area contributed by atoms with E-state index >= 15 is 0 Å². The van der Waals surface area contributed by atoms with E-state index in [4.69, 9.17) is 4.74 Å². The Balaban J connectivity index is 2.09. The maximum atomic E-state index is 5.12. The van der Waals surface area contributed by atoms with Crippen molar-refractivity contribution in [2.24, 2.45) is 5.41 Å². The van der Waals surface area contributed by atoms with E-state index in [1.54, 1.807) is 0 Å². The van der Waals surface area contributed by atoms with Crippen LogP contribution in [0, 0.1) is 5.41 Å². The van der Waals surface area contributed by atoms with Gasteiger partial charge in [0.15, 0.2) is 0 Å². The van der Waals surface area contributed by atoms with Gasteiger partial charge in [0.25, 0.3) is 0 Å². The lowest BCUT2D eigenvalue weighted by molar-refractivity contribution is -0.105. The van der Waals surface area contributed by atoms with Gasteiger partial charge in [-0.2, -0.15) is 0 Å². The predicted molar refractivity (Wildman–Crippen MR) is 42.0 cm³/mol. The minimum Gasteiger partial charge on any atom is -0.380 e. The van der Waals surface area contributed by atoms with E-state index in [9.17, 15) is 0 Å². The van der Waals surface area contributed by atoms with Crippen molar-refractivity contribution in [3.63, 3.8) is 0 Å². The topological polar surface area (TPSA) is 9.23 Å². The molecular formula is C7H13BrO. The van der Waals surface area contributed by atoms with Crippen molar-refractivity contribution in [1.82, 2.24) is 0 Å². The molecule has 0 unspecified atom stereocenters. The van der Waals surface area contributed by atoms with E-state index < -0.39 is 0 Å². The van der Waals surface area contributed by atoms with Crippen molar-refractivity contribution in [2.45, 2.75) is 19.8 Å². The van der Waals surface area contributed by atoms with E-state index in [1.165, 1.54) is 12.8 Å². The molecule has 2 heteroatoms. The first-order valence-electron chi connectivity index (χ1n) is 3.41. The second-order valence-corrected chi connectivity index (χ2v) is 3.89. The third kappa shape index (κ3) is 1.94. The van der Waals surface area contributed by atoms with E-state index in [-0.39, 0.29) is 0 Å². The highest BCUT2D eigenvalue weighted by molar-refractivity contribution is 9.09. The van der Waals surface area contributed by atoms with Crippen LogP contribution in [-0.4, -0.2) is 18.5 Å². The first kappa shape index (κ1) is 7.55. The highest BCUT2D eigenvalue weighted by atomic mass is 79.9. The maximum Gasteiger partial charge on any atom is 0.0542 e. The van der Waals surface area contributed by atoms with Gasteiger partial charge < -0.3 is 4.74 Å². The molecule has 1 aliphatic heterocycles. The normalized spacial score (nSPS) is 23.3. The van der Waals surface area contributed by atoms with Gasteiger partial charge in [-0.1, -0.05) is 22.9 Å². The number of hydrogen-bond donors (Lipinski definition) is 0. The summed E-state index contributed by atoms with van der Waals surface area (Å²) in [5.41, 5.74) is 0.522. The van der Waals surface area contributed by atoms with Crippen molar-refractivity contribution >= 4 is 15.9 Å². The van der Waals surface area contributed by atoms with E-state index in [0.717, 1.165) is 18.5 Å². The summed E-state index contributed by atoms with van der Waals surface area (Å²) in [5, 5.41) is 1.13. The van der Waals surface area contributed by atoms with Crippen molar-refractivity contribution in [1.29, 1.82) is 0 Å². The fourth-order valence-electron chi connectivity index (χ4n) is 1.09. The second kappa shape index (κ2) is 3.02. The van der Waals surface area contributed by atoms with Crippen molar-refractivity contribution in [2.75, 3.05) is 18.5 Å². The molecule has 0 aliphatic carbocycles. The maximum absolute atomic E-state index is 5.12. The summed E-state index contributed by atoms with van der Waals surface area (Å²) < 4.78 is 5.12. The van der Waals surface area contributed by atoms with Crippen LogP contribution in [0.1, 0.15) is 19.8 Å². The molecule has 0 aromatic heterocycles. The molecule has 0 bridgehead atoms. The number of halogens is 1. The van der Waals surface area contributed by atoms with Crippen LogP contribution in [0.3, 0.4) is 0 Å². The second-order valence-electron chi connectivity index (χ2n) is 3.10. The van der Waals surface area contributed by atoms with Crippen LogP contribution in [0.15, 0.2) is 0 Å². The van der Waals surface area contributed by atoms with Gasteiger partial charge in [-0.05, 0) is 12.8 Å². The Morgan fingerprint density at radius 1 is 1.56 bits per heavy atom. The van der Waals surface area contributed by atoms with Crippen LogP contribution in [0.2, 0.25) is 0 Å². The Kier molecular flexibility index (Phi) is 2.53. The molecule has 1 rings (SSSR count). The van der Waals surface area contributed by atoms with E-state index in [1.807, 2.05) is 0 Å². The molecule has 0 N–H and O–H groups in total. The van der Waals surface area contributed by atoms with E-state index in [2.05, 4.69) is 22.9 Å². The predicted octanol–water partition coefficient (Wildman–Crippen LogP) is 2.20. The largest absolute Gasteiger partial charge is 0.380 e. The van der Waals surface area contributed by atoms with Gasteiger partial charge in [0.2, 0.25) is 0 Å². The average molecular weight is 193 g/mol. The molecule has 1 fully saturated rings. The van der Waals surface area contributed by atoms with Gasteiger partial charge in [-0.25, -0.2) is 0 Å².